The lowest BCUT2D eigenvalue weighted by atomic mass is 10.2. The highest BCUT2D eigenvalue weighted by Crippen LogP contribution is 2.13. The first-order chi connectivity index (χ1) is 12.2. The van der Waals surface area contributed by atoms with E-state index in [0.29, 0.717) is 0 Å². The highest BCUT2D eigenvalue weighted by molar-refractivity contribution is 9.12. The lowest BCUT2D eigenvalue weighted by Crippen LogP contribution is -3.13. The van der Waals surface area contributed by atoms with Gasteiger partial charge in [-0.2, -0.15) is 5.10 Å². The van der Waals surface area contributed by atoms with Gasteiger partial charge in [0, 0.05) is 15.1 Å². The molecule has 0 saturated carbocycles. The van der Waals surface area contributed by atoms with Gasteiger partial charge in [-0.15, -0.1) is 0 Å². The van der Waals surface area contributed by atoms with Gasteiger partial charge in [-0.25, -0.2) is 0 Å². The molecule has 5 heteroatoms. The van der Waals surface area contributed by atoms with Gasteiger partial charge in [0.2, 0.25) is 0 Å². The van der Waals surface area contributed by atoms with Gasteiger partial charge in [0.25, 0.3) is 0 Å². The summed E-state index contributed by atoms with van der Waals surface area (Å²) in [6.07, 6.45) is 3.95. The molecule has 0 atom stereocenters. The predicted molar refractivity (Wildman–Crippen MR) is 109 cm³/mol. The molecule has 25 heavy (non-hydrogen) atoms. The largest absolute Gasteiger partial charge is 0.328 e. The average Bonchev–Trinajstić information content (AvgIpc) is 2.64. The summed E-state index contributed by atoms with van der Waals surface area (Å²) in [6, 6.07) is 18.3. The van der Waals surface area contributed by atoms with E-state index in [-0.39, 0.29) is 0 Å². The van der Waals surface area contributed by atoms with E-state index in [1.807, 2.05) is 36.5 Å². The summed E-state index contributed by atoms with van der Waals surface area (Å²) >= 11 is 9.84. The molecule has 1 saturated heterocycles. The fourth-order valence-electron chi connectivity index (χ4n) is 2.90. The lowest BCUT2D eigenvalue weighted by molar-refractivity contribution is -0.918. The zero-order valence-electron chi connectivity index (χ0n) is 14.0. The van der Waals surface area contributed by atoms with Crippen molar-refractivity contribution in [3.63, 3.8) is 0 Å². The summed E-state index contributed by atoms with van der Waals surface area (Å²) in [7, 11) is 0. The van der Waals surface area contributed by atoms with E-state index in [2.05, 4.69) is 56.4 Å². The molecular formula is C20H22BrClN3+. The van der Waals surface area contributed by atoms with Crippen LogP contribution in [0.3, 0.4) is 0 Å². The Morgan fingerprint density at radius 3 is 2.48 bits per heavy atom. The molecule has 3 nitrogen and oxygen atoms in total. The van der Waals surface area contributed by atoms with E-state index in [0.717, 1.165) is 47.8 Å². The Hall–Kier alpha value is -1.62. The fourth-order valence-corrected chi connectivity index (χ4v) is 3.46. The molecule has 2 aromatic rings. The molecule has 1 N–H and O–H groups in total. The summed E-state index contributed by atoms with van der Waals surface area (Å²) in [5, 5.41) is 7.59. The predicted octanol–water partition coefficient (Wildman–Crippen LogP) is 3.46. The number of hydrogen-bond acceptors (Lipinski definition) is 2. The Morgan fingerprint density at radius 1 is 1.08 bits per heavy atom. The maximum atomic E-state index is 6.26. The van der Waals surface area contributed by atoms with Gasteiger partial charge < -0.3 is 4.90 Å². The van der Waals surface area contributed by atoms with Crippen LogP contribution in [-0.4, -0.2) is 37.4 Å². The van der Waals surface area contributed by atoms with Gasteiger partial charge in [-0.05, 0) is 33.6 Å². The number of nitrogens with zero attached hydrogens (tertiary/aromatic N) is 2. The third-order valence-electron chi connectivity index (χ3n) is 4.29. The minimum Gasteiger partial charge on any atom is -0.328 e. The number of quaternary nitrogens is 1. The van der Waals surface area contributed by atoms with Gasteiger partial charge in [-0.1, -0.05) is 60.1 Å². The smallest absolute Gasteiger partial charge is 0.104 e. The highest BCUT2D eigenvalue weighted by atomic mass is 79.9. The number of hydrazone groups is 1. The van der Waals surface area contributed by atoms with Crippen LogP contribution in [0.25, 0.3) is 6.08 Å². The second-order valence-electron chi connectivity index (χ2n) is 6.16. The molecule has 0 unspecified atom stereocenters. The maximum absolute atomic E-state index is 6.26. The molecule has 0 spiro atoms. The van der Waals surface area contributed by atoms with Crippen LogP contribution in [0.4, 0.5) is 0 Å². The van der Waals surface area contributed by atoms with Crippen LogP contribution in [0.1, 0.15) is 11.1 Å². The third-order valence-corrected chi connectivity index (χ3v) is 5.10. The monoisotopic (exact) mass is 418 g/mol. The van der Waals surface area contributed by atoms with Crippen LogP contribution in [-0.2, 0) is 6.54 Å². The van der Waals surface area contributed by atoms with Crippen molar-refractivity contribution in [1.29, 1.82) is 0 Å². The number of hydrogen-bond donors (Lipinski definition) is 1. The molecule has 130 valence electrons. The van der Waals surface area contributed by atoms with Crippen molar-refractivity contribution in [2.45, 2.75) is 6.54 Å². The van der Waals surface area contributed by atoms with Crippen LogP contribution in [0.2, 0.25) is 5.02 Å². The first kappa shape index (κ1) is 18.2. The average molecular weight is 420 g/mol. The Labute approximate surface area is 162 Å². The lowest BCUT2D eigenvalue weighted by Gasteiger charge is -2.30. The maximum Gasteiger partial charge on any atom is 0.104 e. The number of allylic oxidation sites excluding steroid dienone is 1. The van der Waals surface area contributed by atoms with E-state index < -0.39 is 0 Å². The van der Waals surface area contributed by atoms with Gasteiger partial charge in [-0.3, -0.25) is 5.01 Å². The van der Waals surface area contributed by atoms with E-state index in [4.69, 9.17) is 11.6 Å². The van der Waals surface area contributed by atoms with Crippen molar-refractivity contribution in [3.05, 3.63) is 75.2 Å². The van der Waals surface area contributed by atoms with Crippen LogP contribution in [0.15, 0.2) is 64.2 Å². The minimum absolute atomic E-state index is 0.866. The summed E-state index contributed by atoms with van der Waals surface area (Å²) in [4.78, 5) is 1.55. The van der Waals surface area contributed by atoms with Gasteiger partial charge >= 0.3 is 0 Å². The summed E-state index contributed by atoms with van der Waals surface area (Å²) in [5.41, 5.74) is 2.39. The number of benzene rings is 2. The molecule has 0 bridgehead atoms. The topological polar surface area (TPSA) is 20.0 Å². The molecule has 1 heterocycles. The van der Waals surface area contributed by atoms with Crippen molar-refractivity contribution in [2.75, 3.05) is 26.2 Å². The van der Waals surface area contributed by atoms with Crippen LogP contribution in [0.5, 0.6) is 0 Å². The van der Waals surface area contributed by atoms with E-state index in [9.17, 15) is 0 Å². The molecule has 0 amide bonds. The SMILES string of the molecule is Clc1ccccc1C[NH+]1CCN(/N=C\C(Br)=C\c2ccccc2)CC1. The normalized spacial score (nSPS) is 16.6. The first-order valence-corrected chi connectivity index (χ1v) is 9.66. The van der Waals surface area contributed by atoms with Crippen molar-refractivity contribution >= 4 is 39.8 Å². The molecule has 3 rings (SSSR count). The van der Waals surface area contributed by atoms with Crippen molar-refractivity contribution < 1.29 is 4.90 Å². The Balaban J connectivity index is 1.49. The first-order valence-electron chi connectivity index (χ1n) is 8.49. The molecule has 0 aromatic heterocycles. The van der Waals surface area contributed by atoms with Gasteiger partial charge in [0.15, 0.2) is 0 Å². The molecular weight excluding hydrogens is 398 g/mol. The quantitative estimate of drug-likeness (QED) is 0.736. The van der Waals surface area contributed by atoms with Crippen molar-refractivity contribution in [2.24, 2.45) is 5.10 Å². The zero-order chi connectivity index (χ0) is 17.5. The number of halogens is 2. The number of piperazine rings is 1. The Morgan fingerprint density at radius 2 is 1.76 bits per heavy atom. The summed E-state index contributed by atoms with van der Waals surface area (Å²) < 4.78 is 0.976. The summed E-state index contributed by atoms with van der Waals surface area (Å²) in [5.74, 6) is 0. The molecule has 1 aliphatic rings. The second-order valence-corrected chi connectivity index (χ2v) is 7.48. The van der Waals surface area contributed by atoms with Crippen molar-refractivity contribution in [3.8, 4) is 0 Å². The van der Waals surface area contributed by atoms with Crippen molar-refractivity contribution in [1.82, 2.24) is 5.01 Å². The van der Waals surface area contributed by atoms with Crippen LogP contribution < -0.4 is 4.90 Å². The number of rotatable bonds is 5. The van der Waals surface area contributed by atoms with E-state index >= 15 is 0 Å². The van der Waals surface area contributed by atoms with Crippen LogP contribution >= 0.6 is 27.5 Å². The van der Waals surface area contributed by atoms with E-state index in [1.165, 1.54) is 5.56 Å². The minimum atomic E-state index is 0.866. The van der Waals surface area contributed by atoms with Crippen LogP contribution in [0, 0.1) is 0 Å². The Bertz CT molecular complexity index is 738. The third kappa shape index (κ3) is 5.70. The fraction of sp³-hybridized carbons (Fsp3) is 0.250. The summed E-state index contributed by atoms with van der Waals surface area (Å²) in [6.45, 7) is 5.05. The zero-order valence-corrected chi connectivity index (χ0v) is 16.4. The van der Waals surface area contributed by atoms with E-state index in [1.54, 1.807) is 4.90 Å². The second kappa shape index (κ2) is 9.18. The molecule has 2 aromatic carbocycles. The molecule has 0 radical (unpaired) electrons. The van der Waals surface area contributed by atoms with Gasteiger partial charge in [0.05, 0.1) is 32.4 Å². The molecule has 0 aliphatic carbocycles. The standard InChI is InChI=1S/C20H21BrClN3/c21-19(14-17-6-2-1-3-7-17)15-23-25-12-10-24(11-13-25)16-18-8-4-5-9-20(18)22/h1-9,14-15H,10-13,16H2/p+1/b19-14-,23-15-. The molecule has 1 fully saturated rings. The van der Waals surface area contributed by atoms with Gasteiger partial charge in [0.1, 0.15) is 6.54 Å². The number of nitrogens with one attached hydrogen (secondary N) is 1. The molecule has 1 aliphatic heterocycles. The Kier molecular flexibility index (Phi) is 6.68. The highest BCUT2D eigenvalue weighted by Gasteiger charge is 2.19.